The van der Waals surface area contributed by atoms with Crippen molar-refractivity contribution in [2.24, 2.45) is 0 Å². The fourth-order valence-electron chi connectivity index (χ4n) is 1.44. The van der Waals surface area contributed by atoms with Crippen LogP contribution in [0.5, 0.6) is 0 Å². The molecule has 7 heteroatoms. The maximum absolute atomic E-state index is 11.7. The fraction of sp³-hybridized carbons (Fsp3) is 0.500. The summed E-state index contributed by atoms with van der Waals surface area (Å²) in [5.41, 5.74) is -0.0221. The molecule has 0 atom stereocenters. The lowest BCUT2D eigenvalue weighted by molar-refractivity contribution is -0.117. The highest BCUT2D eigenvalue weighted by molar-refractivity contribution is 5.91. The Morgan fingerprint density at radius 3 is 2.26 bits per heavy atom. The average molecular weight is 268 g/mol. The number of hydrogen-bond acceptors (Lipinski definition) is 6. The molecule has 0 aliphatic heterocycles. The van der Waals surface area contributed by atoms with Crippen LogP contribution in [0.1, 0.15) is 41.9 Å². The van der Waals surface area contributed by atoms with Crippen molar-refractivity contribution < 1.29 is 23.9 Å². The summed E-state index contributed by atoms with van der Waals surface area (Å²) in [6.45, 7) is 5.02. The molecular weight excluding hydrogens is 252 g/mol. The molecule has 0 spiro atoms. The van der Waals surface area contributed by atoms with Crippen LogP contribution in [0.3, 0.4) is 0 Å². The third kappa shape index (κ3) is 3.90. The van der Waals surface area contributed by atoms with Crippen LogP contribution >= 0.6 is 0 Å². The fourth-order valence-corrected chi connectivity index (χ4v) is 1.44. The summed E-state index contributed by atoms with van der Waals surface area (Å²) in [7, 11) is 0. The minimum Gasteiger partial charge on any atom is -0.461 e. The summed E-state index contributed by atoms with van der Waals surface area (Å²) in [4.78, 5) is 38.2. The van der Waals surface area contributed by atoms with Crippen molar-refractivity contribution in [3.8, 4) is 0 Å². The SMILES string of the molecule is CCOC(=O)c1cn(CC(C)=O)c(C(=O)OCC)n1. The van der Waals surface area contributed by atoms with E-state index in [9.17, 15) is 14.4 Å². The van der Waals surface area contributed by atoms with Crippen LogP contribution in [0.4, 0.5) is 0 Å². The standard InChI is InChI=1S/C12H16N2O5/c1-4-18-11(16)9-7-14(6-8(3)15)10(13-9)12(17)19-5-2/h7H,4-6H2,1-3H3. The summed E-state index contributed by atoms with van der Waals surface area (Å²) in [6, 6.07) is 0. The van der Waals surface area contributed by atoms with Crippen molar-refractivity contribution in [1.29, 1.82) is 0 Å². The molecule has 0 aromatic carbocycles. The van der Waals surface area contributed by atoms with Gasteiger partial charge in [-0.2, -0.15) is 0 Å². The second-order valence-electron chi connectivity index (χ2n) is 3.72. The molecular formula is C12H16N2O5. The lowest BCUT2D eigenvalue weighted by Gasteiger charge is -2.03. The molecule has 1 aromatic heterocycles. The molecule has 0 radical (unpaired) electrons. The molecule has 1 heterocycles. The first kappa shape index (κ1) is 14.9. The number of aromatic nitrogens is 2. The van der Waals surface area contributed by atoms with E-state index in [0.29, 0.717) is 0 Å². The van der Waals surface area contributed by atoms with Crippen LogP contribution in [0.25, 0.3) is 0 Å². The van der Waals surface area contributed by atoms with Gasteiger partial charge in [-0.3, -0.25) is 4.79 Å². The monoisotopic (exact) mass is 268 g/mol. The minimum absolute atomic E-state index is 0.0221. The number of nitrogens with zero attached hydrogens (tertiary/aromatic N) is 2. The van der Waals surface area contributed by atoms with Crippen LogP contribution in [-0.2, 0) is 20.8 Å². The molecule has 0 unspecified atom stereocenters. The number of ketones is 1. The van der Waals surface area contributed by atoms with Crippen molar-refractivity contribution in [2.45, 2.75) is 27.3 Å². The molecule has 104 valence electrons. The number of esters is 2. The van der Waals surface area contributed by atoms with Gasteiger partial charge < -0.3 is 14.0 Å². The van der Waals surface area contributed by atoms with Gasteiger partial charge in [0.25, 0.3) is 0 Å². The van der Waals surface area contributed by atoms with Gasteiger partial charge in [-0.05, 0) is 20.8 Å². The highest BCUT2D eigenvalue weighted by atomic mass is 16.5. The van der Waals surface area contributed by atoms with E-state index in [0.717, 1.165) is 0 Å². The predicted molar refractivity (Wildman–Crippen MR) is 64.8 cm³/mol. The number of Topliss-reactive ketones (excluding diaryl/α,β-unsaturated/α-hetero) is 1. The molecule has 19 heavy (non-hydrogen) atoms. The molecule has 0 amide bonds. The highest BCUT2D eigenvalue weighted by Gasteiger charge is 2.21. The zero-order valence-electron chi connectivity index (χ0n) is 11.1. The van der Waals surface area contributed by atoms with Crippen molar-refractivity contribution >= 4 is 17.7 Å². The quantitative estimate of drug-likeness (QED) is 0.710. The Kier molecular flexibility index (Phi) is 5.23. The third-order valence-corrected chi connectivity index (χ3v) is 2.11. The van der Waals surface area contributed by atoms with Gasteiger partial charge >= 0.3 is 11.9 Å². The Bertz CT molecular complexity index is 492. The highest BCUT2D eigenvalue weighted by Crippen LogP contribution is 2.07. The zero-order chi connectivity index (χ0) is 14.4. The number of hydrogen-bond donors (Lipinski definition) is 0. The van der Waals surface area contributed by atoms with Gasteiger partial charge in [0.15, 0.2) is 5.69 Å². The van der Waals surface area contributed by atoms with E-state index >= 15 is 0 Å². The Hall–Kier alpha value is -2.18. The molecule has 0 fully saturated rings. The van der Waals surface area contributed by atoms with Gasteiger partial charge in [0.1, 0.15) is 5.78 Å². The van der Waals surface area contributed by atoms with Gasteiger partial charge in [-0.1, -0.05) is 0 Å². The summed E-state index contributed by atoms with van der Waals surface area (Å²) in [5.74, 6) is -1.58. The molecule has 0 saturated carbocycles. The van der Waals surface area contributed by atoms with Crippen molar-refractivity contribution in [2.75, 3.05) is 13.2 Å². The average Bonchev–Trinajstić information content (AvgIpc) is 2.73. The van der Waals surface area contributed by atoms with Crippen LogP contribution in [0.2, 0.25) is 0 Å². The number of imidazole rings is 1. The number of rotatable bonds is 6. The lowest BCUT2D eigenvalue weighted by Crippen LogP contribution is -2.16. The Morgan fingerprint density at radius 2 is 1.74 bits per heavy atom. The van der Waals surface area contributed by atoms with Crippen LogP contribution in [0, 0.1) is 0 Å². The van der Waals surface area contributed by atoms with Gasteiger partial charge in [0.2, 0.25) is 5.82 Å². The van der Waals surface area contributed by atoms with Crippen molar-refractivity contribution in [1.82, 2.24) is 9.55 Å². The van der Waals surface area contributed by atoms with E-state index in [1.165, 1.54) is 17.7 Å². The van der Waals surface area contributed by atoms with Gasteiger partial charge in [-0.15, -0.1) is 0 Å². The molecule has 0 bridgehead atoms. The second kappa shape index (κ2) is 6.67. The maximum Gasteiger partial charge on any atom is 0.374 e. The topological polar surface area (TPSA) is 87.5 Å². The van der Waals surface area contributed by atoms with Crippen molar-refractivity contribution in [3.63, 3.8) is 0 Å². The number of carbonyl (C=O) groups is 3. The van der Waals surface area contributed by atoms with Gasteiger partial charge in [0.05, 0.1) is 19.8 Å². The van der Waals surface area contributed by atoms with E-state index in [1.807, 2.05) is 0 Å². The zero-order valence-corrected chi connectivity index (χ0v) is 11.1. The van der Waals surface area contributed by atoms with E-state index in [1.54, 1.807) is 13.8 Å². The summed E-state index contributed by atoms with van der Waals surface area (Å²) in [5, 5.41) is 0. The molecule has 0 aliphatic carbocycles. The first-order valence-corrected chi connectivity index (χ1v) is 5.90. The minimum atomic E-state index is -0.681. The molecule has 0 N–H and O–H groups in total. The molecule has 7 nitrogen and oxygen atoms in total. The molecule has 0 aliphatic rings. The summed E-state index contributed by atoms with van der Waals surface area (Å²) >= 11 is 0. The first-order chi connectivity index (χ1) is 8.99. The Labute approximate surface area is 110 Å². The number of ether oxygens (including phenoxy) is 2. The smallest absolute Gasteiger partial charge is 0.374 e. The van der Waals surface area contributed by atoms with Crippen LogP contribution in [0.15, 0.2) is 6.20 Å². The van der Waals surface area contributed by atoms with Gasteiger partial charge in [-0.25, -0.2) is 14.6 Å². The van der Waals surface area contributed by atoms with Crippen LogP contribution < -0.4 is 0 Å². The van der Waals surface area contributed by atoms with E-state index in [2.05, 4.69) is 4.98 Å². The maximum atomic E-state index is 11.7. The first-order valence-electron chi connectivity index (χ1n) is 5.90. The Balaban J connectivity index is 3.08. The van der Waals surface area contributed by atoms with Crippen molar-refractivity contribution in [3.05, 3.63) is 17.7 Å². The van der Waals surface area contributed by atoms with Crippen LogP contribution in [-0.4, -0.2) is 40.5 Å². The van der Waals surface area contributed by atoms with E-state index < -0.39 is 11.9 Å². The largest absolute Gasteiger partial charge is 0.461 e. The summed E-state index contributed by atoms with van der Waals surface area (Å²) < 4.78 is 10.9. The predicted octanol–water partition coefficient (Wildman–Crippen LogP) is 0.825. The van der Waals surface area contributed by atoms with E-state index in [4.69, 9.17) is 9.47 Å². The molecule has 0 saturated heterocycles. The van der Waals surface area contributed by atoms with Gasteiger partial charge in [0, 0.05) is 6.20 Å². The summed E-state index contributed by atoms with van der Waals surface area (Å²) in [6.07, 6.45) is 1.31. The Morgan fingerprint density at radius 1 is 1.16 bits per heavy atom. The van der Waals surface area contributed by atoms with E-state index in [-0.39, 0.29) is 37.1 Å². The lowest BCUT2D eigenvalue weighted by atomic mass is 10.4. The molecule has 1 aromatic rings. The normalized spacial score (nSPS) is 10.1. The third-order valence-electron chi connectivity index (χ3n) is 2.11. The second-order valence-corrected chi connectivity index (χ2v) is 3.72. The molecule has 1 rings (SSSR count). The number of carbonyl (C=O) groups excluding carboxylic acids is 3.